The molecular formula is C16H10ClNO2. The van der Waals surface area contributed by atoms with Gasteiger partial charge in [0.1, 0.15) is 5.69 Å². The Bertz CT molecular complexity index is 733. The van der Waals surface area contributed by atoms with Crippen molar-refractivity contribution in [1.29, 1.82) is 0 Å². The number of carbonyl (C=O) groups excluding carboxylic acids is 1. The third-order valence-electron chi connectivity index (χ3n) is 3.00. The molecule has 0 aliphatic heterocycles. The fourth-order valence-corrected chi connectivity index (χ4v) is 2.15. The molecule has 0 saturated carbocycles. The van der Waals surface area contributed by atoms with Crippen molar-refractivity contribution in [2.75, 3.05) is 0 Å². The van der Waals surface area contributed by atoms with E-state index in [4.69, 9.17) is 16.1 Å². The van der Waals surface area contributed by atoms with Gasteiger partial charge in [0.15, 0.2) is 12.0 Å². The molecule has 3 aromatic rings. The Kier molecular flexibility index (Phi) is 3.35. The fraction of sp³-hybridized carbons (Fsp3) is 0. The fourth-order valence-electron chi connectivity index (χ4n) is 2.02. The number of benzene rings is 2. The summed E-state index contributed by atoms with van der Waals surface area (Å²) in [6.07, 6.45) is 0.767. The Morgan fingerprint density at radius 2 is 1.65 bits per heavy atom. The summed E-state index contributed by atoms with van der Waals surface area (Å²) in [4.78, 5) is 11.4. The predicted octanol–water partition coefficient (Wildman–Crippen LogP) is 4.47. The highest BCUT2D eigenvalue weighted by Gasteiger charge is 2.18. The average molecular weight is 284 g/mol. The zero-order chi connectivity index (χ0) is 13.9. The lowest BCUT2D eigenvalue weighted by Gasteiger charge is -1.98. The summed E-state index contributed by atoms with van der Waals surface area (Å²) >= 11 is 5.86. The Morgan fingerprint density at radius 1 is 0.950 bits per heavy atom. The van der Waals surface area contributed by atoms with Crippen molar-refractivity contribution in [3.63, 3.8) is 0 Å². The van der Waals surface area contributed by atoms with E-state index in [1.165, 1.54) is 0 Å². The number of nitrogens with zero attached hydrogens (tertiary/aromatic N) is 1. The molecule has 4 heteroatoms. The molecule has 0 unspecified atom stereocenters. The second-order valence-corrected chi connectivity index (χ2v) is 4.70. The lowest BCUT2D eigenvalue weighted by molar-refractivity contribution is 0.112. The standard InChI is InChI=1S/C16H10ClNO2/c17-13-8-6-11(7-9-13)15-14(10-19)16(20-18-15)12-4-2-1-3-5-12/h1-10H. The Morgan fingerprint density at radius 3 is 2.30 bits per heavy atom. The Hall–Kier alpha value is -2.39. The van der Waals surface area contributed by atoms with E-state index < -0.39 is 0 Å². The summed E-state index contributed by atoms with van der Waals surface area (Å²) in [5.74, 6) is 0.477. The first-order chi connectivity index (χ1) is 9.79. The van der Waals surface area contributed by atoms with Crippen molar-refractivity contribution in [2.24, 2.45) is 0 Å². The smallest absolute Gasteiger partial charge is 0.178 e. The molecule has 0 amide bonds. The number of rotatable bonds is 3. The average Bonchev–Trinajstić information content (AvgIpc) is 2.93. The van der Waals surface area contributed by atoms with E-state index >= 15 is 0 Å². The first-order valence-electron chi connectivity index (χ1n) is 6.06. The molecule has 0 atom stereocenters. The summed E-state index contributed by atoms with van der Waals surface area (Å²) in [5.41, 5.74) is 2.58. The van der Waals surface area contributed by atoms with Crippen molar-refractivity contribution < 1.29 is 9.32 Å². The number of halogens is 1. The zero-order valence-electron chi connectivity index (χ0n) is 10.4. The second-order valence-electron chi connectivity index (χ2n) is 4.26. The largest absolute Gasteiger partial charge is 0.355 e. The summed E-state index contributed by atoms with van der Waals surface area (Å²) in [7, 11) is 0. The van der Waals surface area contributed by atoms with Crippen LogP contribution in [0.4, 0.5) is 0 Å². The molecule has 0 fully saturated rings. The van der Waals surface area contributed by atoms with E-state index in [1.54, 1.807) is 12.1 Å². The van der Waals surface area contributed by atoms with Crippen molar-refractivity contribution in [2.45, 2.75) is 0 Å². The summed E-state index contributed by atoms with van der Waals surface area (Å²) in [6, 6.07) is 16.5. The van der Waals surface area contributed by atoms with Crippen LogP contribution in [0.3, 0.4) is 0 Å². The summed E-state index contributed by atoms with van der Waals surface area (Å²) < 4.78 is 5.34. The molecule has 20 heavy (non-hydrogen) atoms. The van der Waals surface area contributed by atoms with Crippen LogP contribution in [-0.2, 0) is 0 Å². The lowest BCUT2D eigenvalue weighted by atomic mass is 10.0. The van der Waals surface area contributed by atoms with Gasteiger partial charge in [-0.3, -0.25) is 4.79 Å². The molecule has 3 nitrogen and oxygen atoms in total. The highest BCUT2D eigenvalue weighted by Crippen LogP contribution is 2.31. The first kappa shape index (κ1) is 12.6. The van der Waals surface area contributed by atoms with Crippen LogP contribution < -0.4 is 0 Å². The van der Waals surface area contributed by atoms with Crippen molar-refractivity contribution >= 4 is 17.9 Å². The summed E-state index contributed by atoms with van der Waals surface area (Å²) in [5, 5.41) is 4.65. The normalized spacial score (nSPS) is 10.4. The number of hydrogen-bond acceptors (Lipinski definition) is 3. The molecule has 1 aromatic heterocycles. The van der Waals surface area contributed by atoms with E-state index in [0.29, 0.717) is 22.0 Å². The molecule has 0 N–H and O–H groups in total. The van der Waals surface area contributed by atoms with Gasteiger partial charge in [-0.2, -0.15) is 0 Å². The van der Waals surface area contributed by atoms with E-state index in [-0.39, 0.29) is 0 Å². The number of hydrogen-bond donors (Lipinski definition) is 0. The van der Waals surface area contributed by atoms with Gasteiger partial charge in [-0.1, -0.05) is 59.2 Å². The minimum Gasteiger partial charge on any atom is -0.355 e. The molecule has 2 aromatic carbocycles. The minimum absolute atomic E-state index is 0.443. The van der Waals surface area contributed by atoms with Crippen LogP contribution in [0, 0.1) is 0 Å². The quantitative estimate of drug-likeness (QED) is 0.666. The van der Waals surface area contributed by atoms with Crippen molar-refractivity contribution in [3.8, 4) is 22.6 Å². The van der Waals surface area contributed by atoms with Gasteiger partial charge in [0.05, 0.1) is 5.56 Å². The van der Waals surface area contributed by atoms with E-state index in [1.807, 2.05) is 42.5 Å². The van der Waals surface area contributed by atoms with Gasteiger partial charge in [0, 0.05) is 16.1 Å². The zero-order valence-corrected chi connectivity index (χ0v) is 11.2. The molecular weight excluding hydrogens is 274 g/mol. The van der Waals surface area contributed by atoms with Crippen LogP contribution >= 0.6 is 11.6 Å². The van der Waals surface area contributed by atoms with Crippen LogP contribution in [0.1, 0.15) is 10.4 Å². The second kappa shape index (κ2) is 5.31. The SMILES string of the molecule is O=Cc1c(-c2ccc(Cl)cc2)noc1-c1ccccc1. The van der Waals surface area contributed by atoms with Gasteiger partial charge < -0.3 is 4.52 Å². The molecule has 98 valence electrons. The van der Waals surface area contributed by atoms with E-state index in [9.17, 15) is 4.79 Å². The van der Waals surface area contributed by atoms with Gasteiger partial charge in [-0.25, -0.2) is 0 Å². The van der Waals surface area contributed by atoms with Gasteiger partial charge in [-0.15, -0.1) is 0 Å². The molecule has 0 saturated heterocycles. The Balaban J connectivity index is 2.13. The van der Waals surface area contributed by atoms with Gasteiger partial charge in [0.2, 0.25) is 0 Å². The van der Waals surface area contributed by atoms with Gasteiger partial charge >= 0.3 is 0 Å². The van der Waals surface area contributed by atoms with Crippen LogP contribution in [0.15, 0.2) is 59.1 Å². The summed E-state index contributed by atoms with van der Waals surface area (Å²) in [6.45, 7) is 0. The molecule has 1 heterocycles. The topological polar surface area (TPSA) is 43.1 Å². The van der Waals surface area contributed by atoms with Crippen molar-refractivity contribution in [1.82, 2.24) is 5.16 Å². The monoisotopic (exact) mass is 283 g/mol. The first-order valence-corrected chi connectivity index (χ1v) is 6.43. The molecule has 0 aliphatic rings. The van der Waals surface area contributed by atoms with Crippen LogP contribution in [-0.4, -0.2) is 11.4 Å². The Labute approximate surface area is 120 Å². The van der Waals surface area contributed by atoms with E-state index in [0.717, 1.165) is 17.4 Å². The maximum Gasteiger partial charge on any atom is 0.178 e. The number of aromatic nitrogens is 1. The molecule has 0 aliphatic carbocycles. The molecule has 0 spiro atoms. The minimum atomic E-state index is 0.443. The number of aldehydes is 1. The lowest BCUT2D eigenvalue weighted by Crippen LogP contribution is -1.86. The predicted molar refractivity (Wildman–Crippen MR) is 77.8 cm³/mol. The maximum absolute atomic E-state index is 11.4. The highest BCUT2D eigenvalue weighted by atomic mass is 35.5. The van der Waals surface area contributed by atoms with Crippen LogP contribution in [0.5, 0.6) is 0 Å². The van der Waals surface area contributed by atoms with Crippen LogP contribution in [0.25, 0.3) is 22.6 Å². The molecule has 0 radical (unpaired) electrons. The van der Waals surface area contributed by atoms with E-state index in [2.05, 4.69) is 5.16 Å². The third-order valence-corrected chi connectivity index (χ3v) is 3.25. The number of carbonyl (C=O) groups is 1. The van der Waals surface area contributed by atoms with Gasteiger partial charge in [-0.05, 0) is 12.1 Å². The molecule has 0 bridgehead atoms. The van der Waals surface area contributed by atoms with Gasteiger partial charge in [0.25, 0.3) is 0 Å². The highest BCUT2D eigenvalue weighted by molar-refractivity contribution is 6.30. The maximum atomic E-state index is 11.4. The van der Waals surface area contributed by atoms with Crippen LogP contribution in [0.2, 0.25) is 5.02 Å². The third kappa shape index (κ3) is 2.24. The molecule has 3 rings (SSSR count). The van der Waals surface area contributed by atoms with Crippen molar-refractivity contribution in [3.05, 3.63) is 65.2 Å².